The van der Waals surface area contributed by atoms with Crippen LogP contribution in [0.25, 0.3) is 10.9 Å². The lowest BCUT2D eigenvalue weighted by molar-refractivity contribution is -0.120. The van der Waals surface area contributed by atoms with Gasteiger partial charge in [0, 0.05) is 30.2 Å². The monoisotopic (exact) mass is 352 g/mol. The van der Waals surface area contributed by atoms with E-state index in [9.17, 15) is 14.4 Å². The van der Waals surface area contributed by atoms with E-state index in [1.54, 1.807) is 24.3 Å². The molecule has 130 valence electrons. The first-order chi connectivity index (χ1) is 11.1. The van der Waals surface area contributed by atoms with E-state index in [1.807, 2.05) is 6.92 Å². The normalized spacial score (nSPS) is 10.0. The first kappa shape index (κ1) is 19.7. The number of fused-ring (bicyclic) bond motifs is 1. The van der Waals surface area contributed by atoms with Crippen molar-refractivity contribution in [1.29, 1.82) is 0 Å². The van der Waals surface area contributed by atoms with Crippen LogP contribution in [0.3, 0.4) is 0 Å². The van der Waals surface area contributed by atoms with Gasteiger partial charge in [0.15, 0.2) is 0 Å². The van der Waals surface area contributed by atoms with Crippen molar-refractivity contribution in [3.63, 3.8) is 0 Å². The van der Waals surface area contributed by atoms with Crippen LogP contribution in [0.1, 0.15) is 17.3 Å². The lowest BCUT2D eigenvalue weighted by Crippen LogP contribution is -2.40. The molecule has 0 aliphatic carbocycles. The number of hydrogen-bond donors (Lipinski definition) is 4. The Balaban J connectivity index is 0.00000288. The average molecular weight is 353 g/mol. The third kappa shape index (κ3) is 5.07. The van der Waals surface area contributed by atoms with Gasteiger partial charge in [-0.2, -0.15) is 0 Å². The third-order valence-electron chi connectivity index (χ3n) is 3.32. The fourth-order valence-electron chi connectivity index (χ4n) is 2.12. The molecule has 0 saturated heterocycles. The quantitative estimate of drug-likeness (QED) is 0.542. The standard InChI is InChI=1S/C16H20N4O3.ClH/c1-2-17-7-8-18-14(21)10-20-16(23)12-9-19-13-6-4-3-5-11(13)15(12)22;/h3-6,9,17H,2,7-8,10H2,1H3,(H,18,21)(H,19,22)(H,20,23);1H. The molecule has 2 rings (SSSR count). The van der Waals surface area contributed by atoms with E-state index in [0.717, 1.165) is 6.54 Å². The highest BCUT2D eigenvalue weighted by molar-refractivity contribution is 5.98. The van der Waals surface area contributed by atoms with Crippen LogP contribution < -0.4 is 21.4 Å². The number of carbonyl (C=O) groups excluding carboxylic acids is 2. The number of aromatic amines is 1. The van der Waals surface area contributed by atoms with Crippen molar-refractivity contribution in [3.05, 3.63) is 46.2 Å². The van der Waals surface area contributed by atoms with Gasteiger partial charge < -0.3 is 20.9 Å². The van der Waals surface area contributed by atoms with Crippen molar-refractivity contribution in [2.24, 2.45) is 0 Å². The molecule has 7 nitrogen and oxygen atoms in total. The van der Waals surface area contributed by atoms with Crippen molar-refractivity contribution < 1.29 is 9.59 Å². The molecule has 0 saturated carbocycles. The first-order valence-electron chi connectivity index (χ1n) is 7.49. The summed E-state index contributed by atoms with van der Waals surface area (Å²) in [5, 5.41) is 8.63. The maximum absolute atomic E-state index is 12.3. The third-order valence-corrected chi connectivity index (χ3v) is 3.32. The minimum absolute atomic E-state index is 0. The number of amides is 2. The number of pyridine rings is 1. The Morgan fingerprint density at radius 3 is 2.62 bits per heavy atom. The average Bonchev–Trinajstić information content (AvgIpc) is 2.57. The summed E-state index contributed by atoms with van der Waals surface area (Å²) in [7, 11) is 0. The van der Waals surface area contributed by atoms with Gasteiger partial charge in [-0.05, 0) is 18.7 Å². The first-order valence-corrected chi connectivity index (χ1v) is 7.49. The lowest BCUT2D eigenvalue weighted by atomic mass is 10.1. The lowest BCUT2D eigenvalue weighted by Gasteiger charge is -2.07. The Kier molecular flexibility index (Phi) is 7.94. The van der Waals surface area contributed by atoms with Gasteiger partial charge in [-0.15, -0.1) is 12.4 Å². The summed E-state index contributed by atoms with van der Waals surface area (Å²) in [4.78, 5) is 38.8. The van der Waals surface area contributed by atoms with Crippen LogP contribution in [0.4, 0.5) is 0 Å². The zero-order valence-corrected chi connectivity index (χ0v) is 14.2. The molecule has 2 aromatic rings. The van der Waals surface area contributed by atoms with Gasteiger partial charge in [0.1, 0.15) is 5.56 Å². The highest BCUT2D eigenvalue weighted by atomic mass is 35.5. The van der Waals surface area contributed by atoms with Gasteiger partial charge in [0.05, 0.1) is 6.54 Å². The molecule has 24 heavy (non-hydrogen) atoms. The van der Waals surface area contributed by atoms with Crippen molar-refractivity contribution in [2.75, 3.05) is 26.2 Å². The van der Waals surface area contributed by atoms with Gasteiger partial charge in [-0.1, -0.05) is 19.1 Å². The number of benzene rings is 1. The minimum Gasteiger partial charge on any atom is -0.360 e. The summed E-state index contributed by atoms with van der Waals surface area (Å²) in [5.74, 6) is -0.868. The molecule has 0 aliphatic heterocycles. The van der Waals surface area contributed by atoms with Gasteiger partial charge >= 0.3 is 0 Å². The SMILES string of the molecule is CCNCCNC(=O)CNC(=O)c1c[nH]c2ccccc2c1=O.Cl. The molecule has 1 aromatic carbocycles. The molecule has 8 heteroatoms. The number of likely N-dealkylation sites (N-methyl/N-ethyl adjacent to an activating group) is 1. The predicted octanol–water partition coefficient (Wildman–Crippen LogP) is 0.405. The summed E-state index contributed by atoms with van der Waals surface area (Å²) < 4.78 is 0. The molecule has 0 aliphatic rings. The number of rotatable bonds is 7. The number of carbonyl (C=O) groups is 2. The van der Waals surface area contributed by atoms with Crippen LogP contribution in [-0.2, 0) is 4.79 Å². The van der Waals surface area contributed by atoms with E-state index in [0.29, 0.717) is 24.0 Å². The summed E-state index contributed by atoms with van der Waals surface area (Å²) in [6, 6.07) is 6.95. The molecule has 1 heterocycles. The highest BCUT2D eigenvalue weighted by Crippen LogP contribution is 2.06. The number of aromatic nitrogens is 1. The number of para-hydroxylation sites is 1. The molecule has 1 aromatic heterocycles. The van der Waals surface area contributed by atoms with Gasteiger partial charge in [0.25, 0.3) is 5.91 Å². The van der Waals surface area contributed by atoms with Crippen molar-refractivity contribution in [2.45, 2.75) is 6.92 Å². The summed E-state index contributed by atoms with van der Waals surface area (Å²) >= 11 is 0. The molecule has 0 bridgehead atoms. The van der Waals surface area contributed by atoms with E-state index in [1.165, 1.54) is 6.20 Å². The Bertz CT molecular complexity index is 760. The second kappa shape index (κ2) is 9.69. The molecule has 0 fully saturated rings. The Morgan fingerprint density at radius 2 is 1.88 bits per heavy atom. The van der Waals surface area contributed by atoms with Crippen LogP contribution in [0.2, 0.25) is 0 Å². The molecule has 2 amide bonds. The van der Waals surface area contributed by atoms with E-state index < -0.39 is 5.91 Å². The molecule has 0 atom stereocenters. The summed E-state index contributed by atoms with van der Waals surface area (Å²) in [6.07, 6.45) is 1.36. The number of halogens is 1. The number of H-pyrrole nitrogens is 1. The topological polar surface area (TPSA) is 103 Å². The minimum atomic E-state index is -0.571. The van der Waals surface area contributed by atoms with E-state index in [-0.39, 0.29) is 35.9 Å². The molecular formula is C16H21ClN4O3. The zero-order chi connectivity index (χ0) is 16.7. The van der Waals surface area contributed by atoms with Gasteiger partial charge in [0.2, 0.25) is 11.3 Å². The summed E-state index contributed by atoms with van der Waals surface area (Å²) in [5.41, 5.74) is 0.295. The van der Waals surface area contributed by atoms with E-state index >= 15 is 0 Å². The molecular weight excluding hydrogens is 332 g/mol. The highest BCUT2D eigenvalue weighted by Gasteiger charge is 2.13. The van der Waals surface area contributed by atoms with Crippen molar-refractivity contribution in [3.8, 4) is 0 Å². The smallest absolute Gasteiger partial charge is 0.257 e. The Labute approximate surface area is 145 Å². The Hall–Kier alpha value is -2.38. The molecule has 0 spiro atoms. The van der Waals surface area contributed by atoms with Crippen LogP contribution >= 0.6 is 12.4 Å². The fourth-order valence-corrected chi connectivity index (χ4v) is 2.12. The number of hydrogen-bond acceptors (Lipinski definition) is 4. The van der Waals surface area contributed by atoms with Gasteiger partial charge in [-0.25, -0.2) is 0 Å². The predicted molar refractivity (Wildman–Crippen MR) is 95.7 cm³/mol. The second-order valence-corrected chi connectivity index (χ2v) is 4.96. The van der Waals surface area contributed by atoms with Crippen LogP contribution in [0.15, 0.2) is 35.3 Å². The van der Waals surface area contributed by atoms with E-state index in [2.05, 4.69) is 20.9 Å². The Morgan fingerprint density at radius 1 is 1.12 bits per heavy atom. The van der Waals surface area contributed by atoms with Crippen molar-refractivity contribution in [1.82, 2.24) is 20.9 Å². The largest absolute Gasteiger partial charge is 0.360 e. The van der Waals surface area contributed by atoms with Crippen molar-refractivity contribution >= 4 is 35.1 Å². The van der Waals surface area contributed by atoms with Crippen LogP contribution in [0, 0.1) is 0 Å². The second-order valence-electron chi connectivity index (χ2n) is 4.96. The summed E-state index contributed by atoms with van der Waals surface area (Å²) in [6.45, 7) is 3.79. The zero-order valence-electron chi connectivity index (χ0n) is 13.3. The van der Waals surface area contributed by atoms with E-state index in [4.69, 9.17) is 0 Å². The van der Waals surface area contributed by atoms with Gasteiger partial charge in [-0.3, -0.25) is 14.4 Å². The maximum Gasteiger partial charge on any atom is 0.257 e. The molecule has 0 unspecified atom stereocenters. The molecule has 0 radical (unpaired) electrons. The maximum atomic E-state index is 12.3. The molecule has 4 N–H and O–H groups in total. The van der Waals surface area contributed by atoms with Crippen LogP contribution in [0.5, 0.6) is 0 Å². The van der Waals surface area contributed by atoms with Crippen LogP contribution in [-0.4, -0.2) is 43.0 Å². The number of nitrogens with one attached hydrogen (secondary N) is 4. The fraction of sp³-hybridized carbons (Fsp3) is 0.312.